The van der Waals surface area contributed by atoms with Gasteiger partial charge in [-0.2, -0.15) is 0 Å². The van der Waals surface area contributed by atoms with Gasteiger partial charge in [0.15, 0.2) is 11.5 Å². The molecule has 4 rings (SSSR count). The molecular weight excluding hydrogens is 404 g/mol. The summed E-state index contributed by atoms with van der Waals surface area (Å²) in [5.41, 5.74) is 3.61. The molecule has 0 aliphatic heterocycles. The van der Waals surface area contributed by atoms with Crippen LogP contribution in [-0.2, 0) is 6.54 Å². The summed E-state index contributed by atoms with van der Waals surface area (Å²) in [5, 5.41) is 7.03. The van der Waals surface area contributed by atoms with Gasteiger partial charge in [0.25, 0.3) is 5.91 Å². The molecule has 0 saturated heterocycles. The van der Waals surface area contributed by atoms with Crippen LogP contribution in [0.5, 0.6) is 11.5 Å². The number of ether oxygens (including phenoxy) is 2. The van der Waals surface area contributed by atoms with Crippen LogP contribution in [0, 0.1) is 6.92 Å². The van der Waals surface area contributed by atoms with Gasteiger partial charge in [0.05, 0.1) is 19.7 Å². The van der Waals surface area contributed by atoms with E-state index >= 15 is 0 Å². The van der Waals surface area contributed by atoms with Crippen molar-refractivity contribution in [1.29, 1.82) is 0 Å². The third-order valence-electron chi connectivity index (χ3n) is 5.02. The van der Waals surface area contributed by atoms with E-state index in [4.69, 9.17) is 9.47 Å². The van der Waals surface area contributed by atoms with E-state index in [1.807, 2.05) is 67.6 Å². The predicted octanol–water partition coefficient (Wildman–Crippen LogP) is 4.63. The van der Waals surface area contributed by atoms with E-state index in [1.54, 1.807) is 20.3 Å². The van der Waals surface area contributed by atoms with Crippen LogP contribution in [0.4, 0.5) is 11.5 Å². The quantitative estimate of drug-likeness (QED) is 0.446. The molecule has 0 radical (unpaired) electrons. The number of para-hydroxylation sites is 1. The van der Waals surface area contributed by atoms with Crippen LogP contribution >= 0.6 is 0 Å². The first-order chi connectivity index (χ1) is 15.6. The molecule has 1 aromatic heterocycles. The molecular formula is C25H24N4O3. The van der Waals surface area contributed by atoms with Crippen LogP contribution < -0.4 is 20.1 Å². The molecule has 7 heteroatoms. The fourth-order valence-corrected chi connectivity index (χ4v) is 3.30. The number of hydrogen-bond acceptors (Lipinski definition) is 6. The molecule has 7 nitrogen and oxygen atoms in total. The van der Waals surface area contributed by atoms with Crippen molar-refractivity contribution in [2.75, 3.05) is 19.5 Å². The molecule has 0 unspecified atom stereocenters. The Bertz CT molecular complexity index is 1260. The molecule has 0 aliphatic carbocycles. The maximum absolute atomic E-state index is 12.9. The molecule has 32 heavy (non-hydrogen) atoms. The molecule has 4 aromatic rings. The van der Waals surface area contributed by atoms with Crippen molar-refractivity contribution in [1.82, 2.24) is 15.3 Å². The maximum Gasteiger partial charge on any atom is 0.289 e. The van der Waals surface area contributed by atoms with E-state index in [0.717, 1.165) is 16.6 Å². The number of carbonyl (C=O) groups is 1. The van der Waals surface area contributed by atoms with Gasteiger partial charge in [0, 0.05) is 17.6 Å². The fourth-order valence-electron chi connectivity index (χ4n) is 3.30. The zero-order chi connectivity index (χ0) is 22.5. The number of amides is 1. The number of aryl methyl sites for hydroxylation is 1. The normalized spacial score (nSPS) is 10.6. The zero-order valence-electron chi connectivity index (χ0n) is 18.2. The first kappa shape index (κ1) is 21.1. The molecule has 1 heterocycles. The summed E-state index contributed by atoms with van der Waals surface area (Å²) < 4.78 is 10.6. The monoisotopic (exact) mass is 428 g/mol. The number of benzene rings is 3. The lowest BCUT2D eigenvalue weighted by Crippen LogP contribution is -2.25. The van der Waals surface area contributed by atoms with E-state index in [-0.39, 0.29) is 11.7 Å². The first-order valence-corrected chi connectivity index (χ1v) is 10.2. The van der Waals surface area contributed by atoms with E-state index in [1.165, 1.54) is 5.56 Å². The minimum atomic E-state index is -0.363. The van der Waals surface area contributed by atoms with Gasteiger partial charge in [0.1, 0.15) is 5.82 Å². The summed E-state index contributed by atoms with van der Waals surface area (Å²) in [4.78, 5) is 21.8. The van der Waals surface area contributed by atoms with Crippen molar-refractivity contribution in [2.45, 2.75) is 13.5 Å². The van der Waals surface area contributed by atoms with Crippen LogP contribution in [0.3, 0.4) is 0 Å². The van der Waals surface area contributed by atoms with E-state index < -0.39 is 0 Å². The summed E-state index contributed by atoms with van der Waals surface area (Å²) in [7, 11) is 3.16. The lowest BCUT2D eigenvalue weighted by Gasteiger charge is -2.12. The molecule has 0 aliphatic rings. The number of methoxy groups -OCH3 is 2. The average molecular weight is 428 g/mol. The Morgan fingerprint density at radius 3 is 2.41 bits per heavy atom. The smallest absolute Gasteiger partial charge is 0.289 e. The molecule has 3 aromatic carbocycles. The maximum atomic E-state index is 12.9. The van der Waals surface area contributed by atoms with Gasteiger partial charge in [-0.25, -0.2) is 9.97 Å². The highest BCUT2D eigenvalue weighted by Crippen LogP contribution is 2.27. The van der Waals surface area contributed by atoms with Crippen molar-refractivity contribution in [3.05, 3.63) is 83.7 Å². The minimum Gasteiger partial charge on any atom is -0.493 e. The molecule has 0 bridgehead atoms. The van der Waals surface area contributed by atoms with Crippen molar-refractivity contribution in [3.63, 3.8) is 0 Å². The number of nitrogens with zero attached hydrogens (tertiary/aromatic N) is 2. The van der Waals surface area contributed by atoms with Crippen molar-refractivity contribution < 1.29 is 14.3 Å². The molecule has 0 fully saturated rings. The fraction of sp³-hybridized carbons (Fsp3) is 0.160. The summed E-state index contributed by atoms with van der Waals surface area (Å²) in [6.45, 7) is 2.33. The SMILES string of the molecule is COc1ccc(CNC(=O)c2nc(Nc3ccc(C)cc3)c3ccccc3n2)cc1OC. The highest BCUT2D eigenvalue weighted by Gasteiger charge is 2.15. The zero-order valence-corrected chi connectivity index (χ0v) is 18.2. The van der Waals surface area contributed by atoms with Crippen molar-refractivity contribution in [2.24, 2.45) is 0 Å². The number of fused-ring (bicyclic) bond motifs is 1. The van der Waals surface area contributed by atoms with Gasteiger partial charge < -0.3 is 20.1 Å². The van der Waals surface area contributed by atoms with E-state index in [9.17, 15) is 4.79 Å². The van der Waals surface area contributed by atoms with Crippen LogP contribution in [0.15, 0.2) is 66.7 Å². The number of rotatable bonds is 7. The second-order valence-corrected chi connectivity index (χ2v) is 7.28. The van der Waals surface area contributed by atoms with Gasteiger partial charge in [-0.1, -0.05) is 35.9 Å². The second kappa shape index (κ2) is 9.34. The Balaban J connectivity index is 1.58. The summed E-state index contributed by atoms with van der Waals surface area (Å²) in [5.74, 6) is 1.55. The molecule has 1 amide bonds. The number of carbonyl (C=O) groups excluding carboxylic acids is 1. The Hall–Kier alpha value is -4.13. The lowest BCUT2D eigenvalue weighted by molar-refractivity contribution is 0.0941. The van der Waals surface area contributed by atoms with Gasteiger partial charge in [-0.3, -0.25) is 4.79 Å². The van der Waals surface area contributed by atoms with Gasteiger partial charge in [-0.05, 0) is 48.9 Å². The number of nitrogens with one attached hydrogen (secondary N) is 2. The molecule has 0 saturated carbocycles. The van der Waals surface area contributed by atoms with Crippen molar-refractivity contribution >= 4 is 28.3 Å². The molecule has 0 atom stereocenters. The van der Waals surface area contributed by atoms with Gasteiger partial charge >= 0.3 is 0 Å². The summed E-state index contributed by atoms with van der Waals surface area (Å²) in [6.07, 6.45) is 0. The Morgan fingerprint density at radius 1 is 0.906 bits per heavy atom. The minimum absolute atomic E-state index is 0.0961. The standard InChI is InChI=1S/C25H24N4O3/c1-16-8-11-18(12-9-16)27-23-19-6-4-5-7-20(19)28-24(29-23)25(30)26-15-17-10-13-21(31-2)22(14-17)32-3/h4-14H,15H2,1-3H3,(H,26,30)(H,27,28,29). The van der Waals surface area contributed by atoms with Crippen molar-refractivity contribution in [3.8, 4) is 11.5 Å². The first-order valence-electron chi connectivity index (χ1n) is 10.2. The van der Waals surface area contributed by atoms with Crippen LogP contribution in [0.25, 0.3) is 10.9 Å². The largest absolute Gasteiger partial charge is 0.493 e. The van der Waals surface area contributed by atoms with Gasteiger partial charge in [0.2, 0.25) is 5.82 Å². The number of anilines is 2. The Labute approximate surface area is 186 Å². The van der Waals surface area contributed by atoms with Gasteiger partial charge in [-0.15, -0.1) is 0 Å². The summed E-state index contributed by atoms with van der Waals surface area (Å²) in [6, 6.07) is 21.1. The Kier molecular flexibility index (Phi) is 6.17. The highest BCUT2D eigenvalue weighted by atomic mass is 16.5. The third kappa shape index (κ3) is 4.62. The highest BCUT2D eigenvalue weighted by molar-refractivity contribution is 5.97. The predicted molar refractivity (Wildman–Crippen MR) is 125 cm³/mol. The number of aromatic nitrogens is 2. The average Bonchev–Trinajstić information content (AvgIpc) is 2.83. The number of hydrogen-bond donors (Lipinski definition) is 2. The summed E-state index contributed by atoms with van der Waals surface area (Å²) >= 11 is 0. The molecule has 2 N–H and O–H groups in total. The van der Waals surface area contributed by atoms with Crippen LogP contribution in [0.1, 0.15) is 21.7 Å². The lowest BCUT2D eigenvalue weighted by atomic mass is 10.2. The van der Waals surface area contributed by atoms with E-state index in [0.29, 0.717) is 29.4 Å². The van der Waals surface area contributed by atoms with Crippen LogP contribution in [-0.4, -0.2) is 30.1 Å². The third-order valence-corrected chi connectivity index (χ3v) is 5.02. The van der Waals surface area contributed by atoms with Crippen LogP contribution in [0.2, 0.25) is 0 Å². The van der Waals surface area contributed by atoms with E-state index in [2.05, 4.69) is 20.6 Å². The molecule has 162 valence electrons. The Morgan fingerprint density at radius 2 is 1.66 bits per heavy atom. The topological polar surface area (TPSA) is 85.4 Å². The second-order valence-electron chi connectivity index (χ2n) is 7.28. The molecule has 0 spiro atoms.